The number of aromatic nitrogens is 4. The number of rotatable bonds is 7. The summed E-state index contributed by atoms with van der Waals surface area (Å²) < 4.78 is 26.3. The maximum absolute atomic E-state index is 13.7. The number of carbonyl (C=O) groups excluding carboxylic acids is 1. The molecule has 1 aromatic carbocycles. The van der Waals surface area contributed by atoms with E-state index in [4.69, 9.17) is 9.26 Å². The molecule has 0 aliphatic heterocycles. The fourth-order valence-electron chi connectivity index (χ4n) is 3.95. The second-order valence-electron chi connectivity index (χ2n) is 9.57. The smallest absolute Gasteiger partial charge is 0.274 e. The predicted octanol–water partition coefficient (Wildman–Crippen LogP) is 4.12. The minimum absolute atomic E-state index is 0.0658. The lowest BCUT2D eigenvalue weighted by atomic mass is 9.82. The summed E-state index contributed by atoms with van der Waals surface area (Å²) in [6.45, 7) is 5.57. The summed E-state index contributed by atoms with van der Waals surface area (Å²) in [5, 5.41) is 16.8. The minimum atomic E-state index is -0.858. The Kier molecular flexibility index (Phi) is 5.86. The monoisotopic (exact) mass is 479 g/mol. The Hall–Kier alpha value is -3.63. The van der Waals surface area contributed by atoms with Crippen molar-refractivity contribution >= 4 is 17.2 Å². The molecule has 1 fully saturated rings. The van der Waals surface area contributed by atoms with Crippen LogP contribution < -0.4 is 5.32 Å². The van der Waals surface area contributed by atoms with E-state index >= 15 is 0 Å². The zero-order chi connectivity index (χ0) is 24.7. The Labute approximate surface area is 200 Å². The number of aryl methyl sites for hydroxylation is 1. The number of benzene rings is 1. The van der Waals surface area contributed by atoms with E-state index in [-0.39, 0.29) is 24.3 Å². The van der Waals surface area contributed by atoms with Crippen molar-refractivity contribution in [1.29, 1.82) is 0 Å². The van der Waals surface area contributed by atoms with Gasteiger partial charge in [0, 0.05) is 23.4 Å². The number of hydrogen-bond donors (Lipinski definition) is 2. The zero-order valence-electron chi connectivity index (χ0n) is 19.7. The van der Waals surface area contributed by atoms with Crippen LogP contribution in [0.4, 0.5) is 10.1 Å². The number of imidazole rings is 1. The standard InChI is InChI=1S/C25H26FN5O4/c1-14-4-5-15(22-29-24(35-30-22)16-8-18(9-16)34-13-25(2,3)33)10-19(14)28-23(32)20-11-27-21-7-6-17(26)12-31(20)21/h4-7,10-12,16,18,33H,8-9,13H2,1-3H3,(H,28,32)/t16-,18+. The van der Waals surface area contributed by atoms with Crippen LogP contribution in [0.2, 0.25) is 0 Å². The minimum Gasteiger partial charge on any atom is -0.388 e. The van der Waals surface area contributed by atoms with Crippen LogP contribution >= 0.6 is 0 Å². The van der Waals surface area contributed by atoms with Crippen molar-refractivity contribution in [3.05, 3.63) is 65.7 Å². The lowest BCUT2D eigenvalue weighted by Gasteiger charge is -2.34. The molecule has 4 aromatic rings. The van der Waals surface area contributed by atoms with Crippen molar-refractivity contribution in [2.75, 3.05) is 11.9 Å². The second-order valence-corrected chi connectivity index (χ2v) is 9.57. The molecule has 5 rings (SSSR count). The molecule has 0 atom stereocenters. The molecule has 0 spiro atoms. The van der Waals surface area contributed by atoms with Crippen LogP contribution in [0.3, 0.4) is 0 Å². The summed E-state index contributed by atoms with van der Waals surface area (Å²) in [7, 11) is 0. The van der Waals surface area contributed by atoms with Gasteiger partial charge in [-0.25, -0.2) is 9.37 Å². The largest absolute Gasteiger partial charge is 0.388 e. The first-order chi connectivity index (χ1) is 16.7. The number of anilines is 1. The van der Waals surface area contributed by atoms with Crippen molar-refractivity contribution in [2.45, 2.75) is 51.2 Å². The molecule has 0 saturated heterocycles. The van der Waals surface area contributed by atoms with Gasteiger partial charge in [-0.15, -0.1) is 0 Å². The number of nitrogens with zero attached hydrogens (tertiary/aromatic N) is 4. The molecule has 35 heavy (non-hydrogen) atoms. The van der Waals surface area contributed by atoms with Gasteiger partial charge in [0.25, 0.3) is 5.91 Å². The zero-order valence-corrected chi connectivity index (χ0v) is 19.7. The average Bonchev–Trinajstić information content (AvgIpc) is 3.40. The molecule has 0 unspecified atom stereocenters. The summed E-state index contributed by atoms with van der Waals surface area (Å²) in [6.07, 6.45) is 4.21. The topological polar surface area (TPSA) is 115 Å². The van der Waals surface area contributed by atoms with Crippen molar-refractivity contribution in [3.63, 3.8) is 0 Å². The Morgan fingerprint density at radius 1 is 1.31 bits per heavy atom. The first-order valence-corrected chi connectivity index (χ1v) is 11.4. The van der Waals surface area contributed by atoms with E-state index in [1.807, 2.05) is 19.1 Å². The van der Waals surface area contributed by atoms with E-state index in [2.05, 4.69) is 20.4 Å². The molecule has 10 heteroatoms. The number of halogens is 1. The van der Waals surface area contributed by atoms with E-state index in [1.165, 1.54) is 28.9 Å². The van der Waals surface area contributed by atoms with Gasteiger partial charge in [0.1, 0.15) is 17.2 Å². The molecule has 1 aliphatic carbocycles. The lowest BCUT2D eigenvalue weighted by Crippen LogP contribution is -2.35. The molecule has 3 aromatic heterocycles. The first kappa shape index (κ1) is 23.1. The highest BCUT2D eigenvalue weighted by Crippen LogP contribution is 2.39. The summed E-state index contributed by atoms with van der Waals surface area (Å²) >= 11 is 0. The summed E-state index contributed by atoms with van der Waals surface area (Å²) in [5.74, 6) is 0.208. The number of pyridine rings is 1. The molecule has 0 bridgehead atoms. The predicted molar refractivity (Wildman–Crippen MR) is 126 cm³/mol. The van der Waals surface area contributed by atoms with Crippen LogP contribution in [0.15, 0.2) is 47.2 Å². The molecule has 1 amide bonds. The summed E-state index contributed by atoms with van der Waals surface area (Å²) in [4.78, 5) is 21.6. The maximum atomic E-state index is 13.7. The third kappa shape index (κ3) is 4.94. The number of hydrogen-bond acceptors (Lipinski definition) is 7. The number of nitrogens with one attached hydrogen (secondary N) is 1. The Balaban J connectivity index is 1.28. The first-order valence-electron chi connectivity index (χ1n) is 11.4. The molecular formula is C25H26FN5O4. The van der Waals surface area contributed by atoms with Gasteiger partial charge in [-0.3, -0.25) is 9.20 Å². The van der Waals surface area contributed by atoms with Crippen LogP contribution in [0.5, 0.6) is 0 Å². The van der Waals surface area contributed by atoms with E-state index in [9.17, 15) is 14.3 Å². The third-order valence-electron chi connectivity index (χ3n) is 6.00. The molecule has 2 N–H and O–H groups in total. The van der Waals surface area contributed by atoms with Crippen LogP contribution in [0.1, 0.15) is 54.5 Å². The van der Waals surface area contributed by atoms with Crippen LogP contribution in [0.25, 0.3) is 17.0 Å². The number of ether oxygens (including phenoxy) is 1. The summed E-state index contributed by atoms with van der Waals surface area (Å²) in [5.41, 5.74) is 1.95. The van der Waals surface area contributed by atoms with Gasteiger partial charge in [-0.05, 0) is 57.4 Å². The highest BCUT2D eigenvalue weighted by molar-refractivity contribution is 6.04. The Morgan fingerprint density at radius 2 is 2.11 bits per heavy atom. The number of carbonyl (C=O) groups is 1. The van der Waals surface area contributed by atoms with Gasteiger partial charge in [0.05, 0.1) is 24.5 Å². The average molecular weight is 480 g/mol. The third-order valence-corrected chi connectivity index (χ3v) is 6.00. The fraction of sp³-hybridized carbons (Fsp3) is 0.360. The molecular weight excluding hydrogens is 453 g/mol. The van der Waals surface area contributed by atoms with Gasteiger partial charge < -0.3 is 19.7 Å². The van der Waals surface area contributed by atoms with Gasteiger partial charge >= 0.3 is 0 Å². The van der Waals surface area contributed by atoms with Gasteiger partial charge in [-0.1, -0.05) is 17.3 Å². The van der Waals surface area contributed by atoms with Gasteiger partial charge in [-0.2, -0.15) is 4.98 Å². The summed E-state index contributed by atoms with van der Waals surface area (Å²) in [6, 6.07) is 8.30. The van der Waals surface area contributed by atoms with E-state index in [1.54, 1.807) is 19.9 Å². The number of aliphatic hydroxyl groups is 1. The molecule has 1 aliphatic rings. The van der Waals surface area contributed by atoms with Crippen LogP contribution in [-0.2, 0) is 4.74 Å². The van der Waals surface area contributed by atoms with E-state index in [0.29, 0.717) is 28.6 Å². The normalized spacial score (nSPS) is 18.0. The molecule has 3 heterocycles. The number of fused-ring (bicyclic) bond motifs is 1. The number of amides is 1. The van der Waals surface area contributed by atoms with E-state index in [0.717, 1.165) is 18.4 Å². The quantitative estimate of drug-likeness (QED) is 0.410. The molecule has 182 valence electrons. The van der Waals surface area contributed by atoms with Crippen molar-refractivity contribution in [2.24, 2.45) is 0 Å². The maximum Gasteiger partial charge on any atom is 0.274 e. The van der Waals surface area contributed by atoms with Crippen LogP contribution in [0, 0.1) is 12.7 Å². The molecule has 1 saturated carbocycles. The van der Waals surface area contributed by atoms with Crippen molar-refractivity contribution in [1.82, 2.24) is 19.5 Å². The van der Waals surface area contributed by atoms with Crippen LogP contribution in [-0.4, -0.2) is 48.9 Å². The SMILES string of the molecule is Cc1ccc(-c2noc([C@H]3C[C@@H](OCC(C)(C)O)C3)n2)cc1NC(=O)c1cnc2ccc(F)cn12. The van der Waals surface area contributed by atoms with Gasteiger partial charge in [0.15, 0.2) is 0 Å². The van der Waals surface area contributed by atoms with Crippen molar-refractivity contribution in [3.8, 4) is 11.4 Å². The highest BCUT2D eigenvalue weighted by Gasteiger charge is 2.36. The van der Waals surface area contributed by atoms with E-state index < -0.39 is 17.3 Å². The second kappa shape index (κ2) is 8.86. The molecule has 0 radical (unpaired) electrons. The molecule has 9 nitrogen and oxygen atoms in total. The highest BCUT2D eigenvalue weighted by atomic mass is 19.1. The lowest BCUT2D eigenvalue weighted by molar-refractivity contribution is -0.0842. The van der Waals surface area contributed by atoms with Crippen molar-refractivity contribution < 1.29 is 23.6 Å². The Bertz CT molecular complexity index is 1380. The Morgan fingerprint density at radius 3 is 2.89 bits per heavy atom. The fourth-order valence-corrected chi connectivity index (χ4v) is 3.95. The van der Waals surface area contributed by atoms with Gasteiger partial charge in [0.2, 0.25) is 11.7 Å².